The predicted octanol–water partition coefficient (Wildman–Crippen LogP) is 3.40. The zero-order valence-electron chi connectivity index (χ0n) is 18.5. The van der Waals surface area contributed by atoms with Crippen LogP contribution in [0.1, 0.15) is 54.6 Å². The molecule has 1 N–H and O–H groups in total. The van der Waals surface area contributed by atoms with Gasteiger partial charge < -0.3 is 19.5 Å². The number of benzene rings is 1. The number of aromatic carboxylic acids is 1. The van der Waals surface area contributed by atoms with E-state index in [1.54, 1.807) is 12.3 Å². The van der Waals surface area contributed by atoms with Crippen LogP contribution in [0.5, 0.6) is 0 Å². The van der Waals surface area contributed by atoms with E-state index in [-0.39, 0.29) is 11.6 Å². The lowest BCUT2D eigenvalue weighted by atomic mass is 9.99. The smallest absolute Gasteiger partial charge is 0.341 e. The fourth-order valence-electron chi connectivity index (χ4n) is 4.94. The fourth-order valence-corrected chi connectivity index (χ4v) is 4.94. The van der Waals surface area contributed by atoms with Crippen LogP contribution < -0.4 is 10.3 Å². The molecular formula is C24H30N4O3. The predicted molar refractivity (Wildman–Crippen MR) is 121 cm³/mol. The van der Waals surface area contributed by atoms with Gasteiger partial charge in [-0.2, -0.15) is 5.26 Å². The highest BCUT2D eigenvalue weighted by Gasteiger charge is 2.32. The third-order valence-electron chi connectivity index (χ3n) is 7.11. The lowest BCUT2D eigenvalue weighted by Crippen LogP contribution is -2.37. The molecule has 1 aliphatic heterocycles. The Morgan fingerprint density at radius 1 is 1.35 bits per heavy atom. The van der Waals surface area contributed by atoms with Gasteiger partial charge in [0.1, 0.15) is 5.56 Å². The summed E-state index contributed by atoms with van der Waals surface area (Å²) >= 11 is 0. The Morgan fingerprint density at radius 3 is 2.74 bits per heavy atom. The van der Waals surface area contributed by atoms with Crippen LogP contribution >= 0.6 is 0 Å². The van der Waals surface area contributed by atoms with E-state index in [0.29, 0.717) is 23.8 Å². The van der Waals surface area contributed by atoms with Crippen LogP contribution in [0.2, 0.25) is 0 Å². The molecule has 7 nitrogen and oxygen atoms in total. The number of pyridine rings is 1. The van der Waals surface area contributed by atoms with Crippen molar-refractivity contribution in [3.05, 3.63) is 39.7 Å². The van der Waals surface area contributed by atoms with Crippen LogP contribution in [-0.2, 0) is 0 Å². The van der Waals surface area contributed by atoms with Crippen molar-refractivity contribution in [3.8, 4) is 6.07 Å². The highest BCUT2D eigenvalue weighted by atomic mass is 16.4. The number of nitrogens with zero attached hydrogens (tertiary/aromatic N) is 4. The number of carboxylic acids is 1. The minimum absolute atomic E-state index is 0.151. The van der Waals surface area contributed by atoms with E-state index in [0.717, 1.165) is 55.7 Å². The van der Waals surface area contributed by atoms with E-state index in [1.165, 1.54) is 0 Å². The van der Waals surface area contributed by atoms with Crippen molar-refractivity contribution in [1.82, 2.24) is 9.47 Å². The van der Waals surface area contributed by atoms with Crippen LogP contribution in [0.3, 0.4) is 0 Å². The maximum Gasteiger partial charge on any atom is 0.341 e. The van der Waals surface area contributed by atoms with Gasteiger partial charge in [0.2, 0.25) is 5.43 Å². The van der Waals surface area contributed by atoms with E-state index >= 15 is 0 Å². The summed E-state index contributed by atoms with van der Waals surface area (Å²) in [6, 6.07) is 6.67. The molecule has 1 saturated heterocycles. The Kier molecular flexibility index (Phi) is 5.76. The van der Waals surface area contributed by atoms with Gasteiger partial charge in [-0.15, -0.1) is 0 Å². The molecule has 164 valence electrons. The zero-order chi connectivity index (χ0) is 22.3. The van der Waals surface area contributed by atoms with Crippen LogP contribution in [0, 0.1) is 24.2 Å². The van der Waals surface area contributed by atoms with Crippen molar-refractivity contribution in [1.29, 1.82) is 5.26 Å². The molecule has 2 aromatic rings. The van der Waals surface area contributed by atoms with Crippen molar-refractivity contribution in [2.45, 2.75) is 51.6 Å². The topological polar surface area (TPSA) is 89.6 Å². The maximum absolute atomic E-state index is 12.8. The molecule has 1 aliphatic carbocycles. The van der Waals surface area contributed by atoms with E-state index in [4.69, 9.17) is 5.26 Å². The molecule has 2 heterocycles. The van der Waals surface area contributed by atoms with Crippen LogP contribution in [0.25, 0.3) is 10.9 Å². The molecule has 31 heavy (non-hydrogen) atoms. The molecule has 2 fully saturated rings. The standard InChI is InChI=1S/C24H30N4O3/c1-15-21(27-12-9-17(13-27)16(2)26(3)11-4-10-25)8-7-19-22(15)28(18-5-6-18)14-20(23(19)29)24(30)31/h7-8,14,16-18H,4-6,9,11-13H2,1-3H3,(H,30,31). The normalized spacial score (nSPS) is 19.7. The van der Waals surface area contributed by atoms with Crippen LogP contribution in [-0.4, -0.2) is 53.3 Å². The number of hydrogen-bond acceptors (Lipinski definition) is 5. The molecule has 0 bridgehead atoms. The van der Waals surface area contributed by atoms with Crippen LogP contribution in [0.15, 0.2) is 23.1 Å². The van der Waals surface area contributed by atoms with Crippen molar-refractivity contribution in [2.75, 3.05) is 31.6 Å². The number of hydrogen-bond donors (Lipinski definition) is 1. The number of nitriles is 1. The molecule has 2 unspecified atom stereocenters. The Bertz CT molecular complexity index is 1110. The molecule has 1 saturated carbocycles. The Balaban J connectivity index is 1.67. The largest absolute Gasteiger partial charge is 0.477 e. The first-order valence-corrected chi connectivity index (χ1v) is 11.1. The summed E-state index contributed by atoms with van der Waals surface area (Å²) in [7, 11) is 2.08. The summed E-state index contributed by atoms with van der Waals surface area (Å²) < 4.78 is 2.02. The molecule has 7 heteroatoms. The summed E-state index contributed by atoms with van der Waals surface area (Å²) in [4.78, 5) is 29.1. The van der Waals surface area contributed by atoms with Gasteiger partial charge >= 0.3 is 5.97 Å². The minimum atomic E-state index is -1.17. The van der Waals surface area contributed by atoms with Gasteiger partial charge in [-0.05, 0) is 63.8 Å². The van der Waals surface area contributed by atoms with E-state index in [9.17, 15) is 14.7 Å². The summed E-state index contributed by atoms with van der Waals surface area (Å²) in [6.45, 7) is 6.95. The van der Waals surface area contributed by atoms with E-state index < -0.39 is 11.4 Å². The molecule has 0 amide bonds. The lowest BCUT2D eigenvalue weighted by molar-refractivity contribution is 0.0695. The number of aromatic nitrogens is 1. The minimum Gasteiger partial charge on any atom is -0.477 e. The van der Waals surface area contributed by atoms with Gasteiger partial charge in [0.05, 0.1) is 11.6 Å². The number of fused-ring (bicyclic) bond motifs is 1. The quantitative estimate of drug-likeness (QED) is 0.736. The molecule has 2 aliphatic rings. The van der Waals surface area contributed by atoms with Gasteiger partial charge in [0.25, 0.3) is 0 Å². The van der Waals surface area contributed by atoms with E-state index in [2.05, 4.69) is 29.8 Å². The number of anilines is 1. The number of rotatable bonds is 7. The van der Waals surface area contributed by atoms with Crippen molar-refractivity contribution < 1.29 is 9.90 Å². The summed E-state index contributed by atoms with van der Waals surface area (Å²) in [5, 5.41) is 18.8. The van der Waals surface area contributed by atoms with Crippen molar-refractivity contribution in [2.24, 2.45) is 5.92 Å². The lowest BCUT2D eigenvalue weighted by Gasteiger charge is -2.30. The first-order chi connectivity index (χ1) is 14.8. The van der Waals surface area contributed by atoms with Gasteiger partial charge in [0.15, 0.2) is 0 Å². The average molecular weight is 423 g/mol. The molecule has 1 aromatic heterocycles. The average Bonchev–Trinajstić information content (AvgIpc) is 3.48. The third-order valence-corrected chi connectivity index (χ3v) is 7.11. The third kappa shape index (κ3) is 3.92. The molecule has 1 aromatic carbocycles. The highest BCUT2D eigenvalue weighted by Crippen LogP contribution is 2.40. The summed E-state index contributed by atoms with van der Waals surface area (Å²) in [6.07, 6.45) is 5.19. The monoisotopic (exact) mass is 422 g/mol. The molecule has 0 radical (unpaired) electrons. The van der Waals surface area contributed by atoms with Crippen molar-refractivity contribution in [3.63, 3.8) is 0 Å². The number of carbonyl (C=O) groups is 1. The molecular weight excluding hydrogens is 392 g/mol. The maximum atomic E-state index is 12.8. The number of aryl methyl sites for hydroxylation is 1. The molecule has 2 atom stereocenters. The van der Waals surface area contributed by atoms with Crippen molar-refractivity contribution >= 4 is 22.6 Å². The highest BCUT2D eigenvalue weighted by molar-refractivity contribution is 5.95. The van der Waals surface area contributed by atoms with Crippen LogP contribution in [0.4, 0.5) is 5.69 Å². The molecule has 4 rings (SSSR count). The Labute approximate surface area is 182 Å². The molecule has 0 spiro atoms. The Morgan fingerprint density at radius 2 is 2.10 bits per heavy atom. The van der Waals surface area contributed by atoms with E-state index in [1.807, 2.05) is 17.6 Å². The van der Waals surface area contributed by atoms with Gasteiger partial charge in [0, 0.05) is 55.4 Å². The zero-order valence-corrected chi connectivity index (χ0v) is 18.5. The number of carboxylic acid groups (broad SMARTS) is 1. The summed E-state index contributed by atoms with van der Waals surface area (Å²) in [5.41, 5.74) is 2.49. The fraction of sp³-hybridized carbons (Fsp3) is 0.542. The summed E-state index contributed by atoms with van der Waals surface area (Å²) in [5.74, 6) is -0.654. The van der Waals surface area contributed by atoms with Gasteiger partial charge in [-0.3, -0.25) is 4.79 Å². The van der Waals surface area contributed by atoms with Gasteiger partial charge in [-0.1, -0.05) is 0 Å². The van der Waals surface area contributed by atoms with Gasteiger partial charge in [-0.25, -0.2) is 4.79 Å². The first kappa shape index (κ1) is 21.4. The second-order valence-corrected chi connectivity index (χ2v) is 9.05. The Hall–Kier alpha value is -2.85. The first-order valence-electron chi connectivity index (χ1n) is 11.1. The second kappa shape index (κ2) is 8.35. The second-order valence-electron chi connectivity index (χ2n) is 9.05. The SMILES string of the molecule is Cc1c(N2CCC(C(C)N(C)CCC#N)C2)ccc2c(=O)c(C(=O)O)cn(C3CC3)c12.